The van der Waals surface area contributed by atoms with Crippen LogP contribution in [0, 0.1) is 11.6 Å². The van der Waals surface area contributed by atoms with Crippen molar-refractivity contribution < 1.29 is 18.4 Å². The second-order valence-electron chi connectivity index (χ2n) is 5.54. The maximum atomic E-state index is 13.8. The quantitative estimate of drug-likeness (QED) is 0.909. The van der Waals surface area contributed by atoms with E-state index in [2.05, 4.69) is 5.32 Å². The molecule has 0 heterocycles. The third kappa shape index (κ3) is 4.02. The number of nitrogens with zero attached hydrogens (tertiary/aromatic N) is 1. The van der Waals surface area contributed by atoms with Crippen LogP contribution < -0.4 is 10.2 Å². The van der Waals surface area contributed by atoms with Crippen LogP contribution in [0.15, 0.2) is 18.2 Å². The topological polar surface area (TPSA) is 49.4 Å². The summed E-state index contributed by atoms with van der Waals surface area (Å²) in [7, 11) is 0. The molecule has 2 amide bonds. The minimum Gasteiger partial charge on any atom is -0.353 e. The van der Waals surface area contributed by atoms with Gasteiger partial charge in [-0.1, -0.05) is 18.9 Å². The lowest BCUT2D eigenvalue weighted by molar-refractivity contribution is -0.121. The lowest BCUT2D eigenvalue weighted by atomic mass is 10.2. The maximum absolute atomic E-state index is 13.8. The highest BCUT2D eigenvalue weighted by Gasteiger charge is 2.22. The van der Waals surface area contributed by atoms with Crippen LogP contribution in [0.4, 0.5) is 14.5 Å². The minimum atomic E-state index is -0.814. The summed E-state index contributed by atoms with van der Waals surface area (Å²) in [5, 5.41) is 2.89. The Morgan fingerprint density at radius 3 is 2.36 bits per heavy atom. The van der Waals surface area contributed by atoms with Gasteiger partial charge in [0.2, 0.25) is 11.8 Å². The summed E-state index contributed by atoms with van der Waals surface area (Å²) in [5.74, 6) is -2.33. The summed E-state index contributed by atoms with van der Waals surface area (Å²) in [6.45, 7) is 1.17. The van der Waals surface area contributed by atoms with Gasteiger partial charge in [0.05, 0.1) is 0 Å². The third-order valence-electron chi connectivity index (χ3n) is 3.87. The number of carbonyl (C=O) groups excluding carboxylic acids is 2. The monoisotopic (exact) mass is 310 g/mol. The predicted molar refractivity (Wildman–Crippen MR) is 79.4 cm³/mol. The van der Waals surface area contributed by atoms with Crippen molar-refractivity contribution in [3.8, 4) is 0 Å². The molecule has 1 aliphatic carbocycles. The Kier molecular flexibility index (Phi) is 5.46. The van der Waals surface area contributed by atoms with E-state index in [0.29, 0.717) is 0 Å². The molecule has 1 fully saturated rings. The van der Waals surface area contributed by atoms with Gasteiger partial charge in [0.1, 0.15) is 17.3 Å². The summed E-state index contributed by atoms with van der Waals surface area (Å²) in [6.07, 6.45) is 4.15. The highest BCUT2D eigenvalue weighted by molar-refractivity contribution is 5.92. The zero-order valence-electron chi connectivity index (χ0n) is 12.6. The molecule has 0 saturated heterocycles. The summed E-state index contributed by atoms with van der Waals surface area (Å²) >= 11 is 0. The van der Waals surface area contributed by atoms with Crippen molar-refractivity contribution in [1.82, 2.24) is 5.32 Å². The van der Waals surface area contributed by atoms with Gasteiger partial charge in [0, 0.05) is 25.9 Å². The number of amides is 2. The Bertz CT molecular complexity index is 537. The first-order valence-corrected chi connectivity index (χ1v) is 7.50. The molecule has 6 heteroatoms. The van der Waals surface area contributed by atoms with Crippen LogP contribution >= 0.6 is 0 Å². The van der Waals surface area contributed by atoms with Gasteiger partial charge in [0.25, 0.3) is 0 Å². The smallest absolute Gasteiger partial charge is 0.224 e. The van der Waals surface area contributed by atoms with E-state index in [0.717, 1.165) is 42.7 Å². The van der Waals surface area contributed by atoms with E-state index in [1.54, 1.807) is 0 Å². The molecule has 1 aromatic carbocycles. The minimum absolute atomic E-state index is 0.0177. The summed E-state index contributed by atoms with van der Waals surface area (Å²) in [4.78, 5) is 24.5. The van der Waals surface area contributed by atoms with E-state index in [4.69, 9.17) is 0 Å². The zero-order valence-corrected chi connectivity index (χ0v) is 12.6. The molecular formula is C16H20F2N2O2. The first-order chi connectivity index (χ1) is 10.5. The number of carbonyl (C=O) groups is 2. The summed E-state index contributed by atoms with van der Waals surface area (Å²) in [5.41, 5.74) is -0.399. The van der Waals surface area contributed by atoms with Gasteiger partial charge >= 0.3 is 0 Å². The van der Waals surface area contributed by atoms with Crippen molar-refractivity contribution in [2.75, 3.05) is 11.4 Å². The van der Waals surface area contributed by atoms with Crippen LogP contribution in [0.3, 0.4) is 0 Å². The molecule has 4 nitrogen and oxygen atoms in total. The lowest BCUT2D eigenvalue weighted by Crippen LogP contribution is -2.37. The number of benzene rings is 1. The number of hydrogen-bond donors (Lipinski definition) is 1. The molecule has 0 aromatic heterocycles. The van der Waals surface area contributed by atoms with Crippen molar-refractivity contribution in [3.63, 3.8) is 0 Å². The normalized spacial score (nSPS) is 14.9. The van der Waals surface area contributed by atoms with Crippen LogP contribution in [0.1, 0.15) is 39.0 Å². The lowest BCUT2D eigenvalue weighted by Gasteiger charge is -2.22. The first kappa shape index (κ1) is 16.4. The molecule has 0 bridgehead atoms. The van der Waals surface area contributed by atoms with Crippen LogP contribution in [0.25, 0.3) is 0 Å². The van der Waals surface area contributed by atoms with Gasteiger partial charge in [-0.25, -0.2) is 8.78 Å². The highest BCUT2D eigenvalue weighted by atomic mass is 19.1. The Labute approximate surface area is 128 Å². The van der Waals surface area contributed by atoms with Gasteiger partial charge in [-0.2, -0.15) is 0 Å². The molecule has 1 N–H and O–H groups in total. The molecule has 0 spiro atoms. The van der Waals surface area contributed by atoms with E-state index in [-0.39, 0.29) is 24.9 Å². The molecule has 120 valence electrons. The molecule has 0 atom stereocenters. The van der Waals surface area contributed by atoms with E-state index in [1.807, 2.05) is 0 Å². The van der Waals surface area contributed by atoms with E-state index in [1.165, 1.54) is 13.0 Å². The molecular weight excluding hydrogens is 290 g/mol. The Morgan fingerprint density at radius 1 is 1.23 bits per heavy atom. The Balaban J connectivity index is 2.00. The van der Waals surface area contributed by atoms with Crippen molar-refractivity contribution in [3.05, 3.63) is 29.8 Å². The molecule has 1 aliphatic rings. The highest BCUT2D eigenvalue weighted by Crippen LogP contribution is 2.23. The number of rotatable bonds is 5. The predicted octanol–water partition coefficient (Wildman–Crippen LogP) is 2.77. The average Bonchev–Trinajstić information content (AvgIpc) is 2.94. The second-order valence-corrected chi connectivity index (χ2v) is 5.54. The molecule has 2 rings (SSSR count). The van der Waals surface area contributed by atoms with E-state index >= 15 is 0 Å². The van der Waals surface area contributed by atoms with Crippen LogP contribution in [-0.2, 0) is 9.59 Å². The maximum Gasteiger partial charge on any atom is 0.224 e. The zero-order chi connectivity index (χ0) is 16.1. The fourth-order valence-corrected chi connectivity index (χ4v) is 2.76. The van der Waals surface area contributed by atoms with E-state index in [9.17, 15) is 18.4 Å². The molecule has 0 unspecified atom stereocenters. The molecule has 22 heavy (non-hydrogen) atoms. The van der Waals surface area contributed by atoms with Crippen molar-refractivity contribution in [2.24, 2.45) is 0 Å². The van der Waals surface area contributed by atoms with Gasteiger partial charge in [0.15, 0.2) is 0 Å². The molecule has 0 radical (unpaired) electrons. The van der Waals surface area contributed by atoms with E-state index < -0.39 is 23.2 Å². The van der Waals surface area contributed by atoms with Crippen molar-refractivity contribution in [2.45, 2.75) is 45.1 Å². The number of halogens is 2. The van der Waals surface area contributed by atoms with Crippen LogP contribution in [0.5, 0.6) is 0 Å². The molecule has 1 aromatic rings. The van der Waals surface area contributed by atoms with Gasteiger partial charge in [-0.05, 0) is 25.0 Å². The molecule has 0 aliphatic heterocycles. The summed E-state index contributed by atoms with van der Waals surface area (Å²) < 4.78 is 27.6. The number of nitrogens with one attached hydrogen (secondary N) is 1. The standard InChI is InChI=1S/C16H20F2N2O2/c1-11(21)20(16-13(17)7-4-8-14(16)18)10-9-15(22)19-12-5-2-3-6-12/h4,7-8,12H,2-3,5-6,9-10H2,1H3,(H,19,22). The Morgan fingerprint density at radius 2 is 1.82 bits per heavy atom. The third-order valence-corrected chi connectivity index (χ3v) is 3.87. The number of para-hydroxylation sites is 1. The second kappa shape index (κ2) is 7.33. The average molecular weight is 310 g/mol. The van der Waals surface area contributed by atoms with Gasteiger partial charge < -0.3 is 10.2 Å². The van der Waals surface area contributed by atoms with Crippen LogP contribution in [0.2, 0.25) is 0 Å². The van der Waals surface area contributed by atoms with Gasteiger partial charge in [-0.3, -0.25) is 9.59 Å². The number of anilines is 1. The van der Waals surface area contributed by atoms with Crippen molar-refractivity contribution in [1.29, 1.82) is 0 Å². The van der Waals surface area contributed by atoms with Crippen LogP contribution in [-0.4, -0.2) is 24.4 Å². The van der Waals surface area contributed by atoms with Crippen molar-refractivity contribution >= 4 is 17.5 Å². The fourth-order valence-electron chi connectivity index (χ4n) is 2.76. The molecule has 1 saturated carbocycles. The SMILES string of the molecule is CC(=O)N(CCC(=O)NC1CCCC1)c1c(F)cccc1F. The number of hydrogen-bond acceptors (Lipinski definition) is 2. The fraction of sp³-hybridized carbons (Fsp3) is 0.500. The van der Waals surface area contributed by atoms with Gasteiger partial charge in [-0.15, -0.1) is 0 Å². The largest absolute Gasteiger partial charge is 0.353 e. The Hall–Kier alpha value is -1.98. The first-order valence-electron chi connectivity index (χ1n) is 7.50. The summed E-state index contributed by atoms with van der Waals surface area (Å²) in [6, 6.07) is 3.60.